The summed E-state index contributed by atoms with van der Waals surface area (Å²) in [6.45, 7) is 4.37. The highest BCUT2D eigenvalue weighted by Gasteiger charge is 2.16. The molecule has 1 aromatic carbocycles. The summed E-state index contributed by atoms with van der Waals surface area (Å²) < 4.78 is 1.81. The Kier molecular flexibility index (Phi) is 5.93. The molecule has 0 aliphatic heterocycles. The van der Waals surface area contributed by atoms with E-state index in [9.17, 15) is 4.79 Å². The highest BCUT2D eigenvalue weighted by Crippen LogP contribution is 2.13. The summed E-state index contributed by atoms with van der Waals surface area (Å²) in [5.41, 5.74) is 9.78. The molecule has 1 unspecified atom stereocenters. The number of nitrogens with one attached hydrogen (secondary N) is 1. The standard InChI is InChI=1S/C15H20N4O.ClH/c1-10-13(11(2)19(3)18-10)9-17-15(20)14(16)12-7-5-4-6-8-12;/h4-8,14H,9,16H2,1-3H3,(H,17,20);1H. The van der Waals surface area contributed by atoms with E-state index in [2.05, 4.69) is 10.4 Å². The summed E-state index contributed by atoms with van der Waals surface area (Å²) >= 11 is 0. The second kappa shape index (κ2) is 7.24. The van der Waals surface area contributed by atoms with Crippen molar-refractivity contribution in [3.63, 3.8) is 0 Å². The first kappa shape index (κ1) is 17.2. The van der Waals surface area contributed by atoms with Crippen LogP contribution in [0.25, 0.3) is 0 Å². The second-order valence-corrected chi connectivity index (χ2v) is 4.88. The monoisotopic (exact) mass is 308 g/mol. The maximum Gasteiger partial charge on any atom is 0.241 e. The van der Waals surface area contributed by atoms with E-state index in [1.807, 2.05) is 55.9 Å². The van der Waals surface area contributed by atoms with E-state index in [4.69, 9.17) is 5.73 Å². The summed E-state index contributed by atoms with van der Waals surface area (Å²) in [4.78, 5) is 12.1. The maximum absolute atomic E-state index is 12.1. The van der Waals surface area contributed by atoms with Gasteiger partial charge >= 0.3 is 0 Å². The Bertz CT molecular complexity index is 610. The fraction of sp³-hybridized carbons (Fsp3) is 0.333. The number of benzene rings is 1. The van der Waals surface area contributed by atoms with Gasteiger partial charge < -0.3 is 11.1 Å². The molecule has 0 spiro atoms. The van der Waals surface area contributed by atoms with Crippen molar-refractivity contribution in [2.24, 2.45) is 12.8 Å². The fourth-order valence-electron chi connectivity index (χ4n) is 2.17. The minimum absolute atomic E-state index is 0. The van der Waals surface area contributed by atoms with Crippen LogP contribution in [0, 0.1) is 13.8 Å². The predicted molar refractivity (Wildman–Crippen MR) is 85.1 cm³/mol. The molecule has 3 N–H and O–H groups in total. The third kappa shape index (κ3) is 3.83. The maximum atomic E-state index is 12.1. The number of rotatable bonds is 4. The third-order valence-electron chi connectivity index (χ3n) is 3.54. The number of nitrogens with two attached hydrogens (primary N) is 1. The van der Waals surface area contributed by atoms with Crippen LogP contribution in [-0.4, -0.2) is 15.7 Å². The van der Waals surface area contributed by atoms with E-state index in [0.717, 1.165) is 22.5 Å². The molecule has 2 aromatic rings. The first-order valence-electron chi connectivity index (χ1n) is 6.58. The molecule has 2 rings (SSSR count). The first-order valence-corrected chi connectivity index (χ1v) is 6.58. The predicted octanol–water partition coefficient (Wildman–Crippen LogP) is 1.77. The number of hydrogen-bond acceptors (Lipinski definition) is 3. The van der Waals surface area contributed by atoms with E-state index < -0.39 is 6.04 Å². The van der Waals surface area contributed by atoms with Crippen molar-refractivity contribution < 1.29 is 4.79 Å². The number of nitrogens with zero attached hydrogens (tertiary/aromatic N) is 2. The zero-order chi connectivity index (χ0) is 14.7. The number of hydrogen-bond donors (Lipinski definition) is 2. The number of carbonyl (C=O) groups is 1. The van der Waals surface area contributed by atoms with E-state index in [-0.39, 0.29) is 18.3 Å². The minimum atomic E-state index is -0.645. The molecule has 21 heavy (non-hydrogen) atoms. The summed E-state index contributed by atoms with van der Waals surface area (Å²) in [6, 6.07) is 8.70. The molecule has 1 aromatic heterocycles. The van der Waals surface area contributed by atoms with Crippen LogP contribution in [0.15, 0.2) is 30.3 Å². The zero-order valence-corrected chi connectivity index (χ0v) is 13.3. The summed E-state index contributed by atoms with van der Waals surface area (Å²) in [5.74, 6) is -0.182. The number of carbonyl (C=O) groups excluding carboxylic acids is 1. The molecule has 0 aliphatic rings. The lowest BCUT2D eigenvalue weighted by Crippen LogP contribution is -2.33. The number of halogens is 1. The molecule has 0 aliphatic carbocycles. The second-order valence-electron chi connectivity index (χ2n) is 4.88. The molecule has 1 amide bonds. The van der Waals surface area contributed by atoms with Gasteiger partial charge in [0.15, 0.2) is 0 Å². The van der Waals surface area contributed by atoms with Gasteiger partial charge in [-0.1, -0.05) is 30.3 Å². The van der Waals surface area contributed by atoms with Crippen LogP contribution in [0.5, 0.6) is 0 Å². The molecule has 0 saturated heterocycles. The highest BCUT2D eigenvalue weighted by molar-refractivity contribution is 5.85. The number of aromatic nitrogens is 2. The van der Waals surface area contributed by atoms with Crippen LogP contribution in [0.4, 0.5) is 0 Å². The number of amides is 1. The van der Waals surface area contributed by atoms with Gasteiger partial charge in [0.05, 0.1) is 5.69 Å². The largest absolute Gasteiger partial charge is 0.350 e. The Hall–Kier alpha value is -1.85. The summed E-state index contributed by atoms with van der Waals surface area (Å²) in [5, 5.41) is 7.20. The molecule has 114 valence electrons. The Morgan fingerprint density at radius 1 is 1.33 bits per heavy atom. The molecule has 1 atom stereocenters. The summed E-state index contributed by atoms with van der Waals surface area (Å²) in [6.07, 6.45) is 0. The molecule has 0 saturated carbocycles. The molecule has 1 heterocycles. The van der Waals surface area contributed by atoms with Crippen molar-refractivity contribution in [1.82, 2.24) is 15.1 Å². The Morgan fingerprint density at radius 2 is 1.95 bits per heavy atom. The van der Waals surface area contributed by atoms with E-state index >= 15 is 0 Å². The van der Waals surface area contributed by atoms with Crippen LogP contribution in [0.3, 0.4) is 0 Å². The van der Waals surface area contributed by atoms with Crippen LogP contribution in [0.2, 0.25) is 0 Å². The third-order valence-corrected chi connectivity index (χ3v) is 3.54. The normalized spacial score (nSPS) is 11.6. The quantitative estimate of drug-likeness (QED) is 0.904. The molecule has 0 radical (unpaired) electrons. The summed E-state index contributed by atoms with van der Waals surface area (Å²) in [7, 11) is 1.89. The van der Waals surface area contributed by atoms with Crippen molar-refractivity contribution >= 4 is 18.3 Å². The highest BCUT2D eigenvalue weighted by atomic mass is 35.5. The van der Waals surface area contributed by atoms with Gasteiger partial charge in [-0.25, -0.2) is 0 Å². The average molecular weight is 309 g/mol. The fourth-order valence-corrected chi connectivity index (χ4v) is 2.17. The van der Waals surface area contributed by atoms with Crippen LogP contribution in [-0.2, 0) is 18.4 Å². The van der Waals surface area contributed by atoms with Gasteiger partial charge in [0.25, 0.3) is 0 Å². The molecule has 0 fully saturated rings. The number of aryl methyl sites for hydroxylation is 2. The van der Waals surface area contributed by atoms with Crippen molar-refractivity contribution in [2.75, 3.05) is 0 Å². The lowest BCUT2D eigenvalue weighted by Gasteiger charge is -2.12. The molecular weight excluding hydrogens is 288 g/mol. The van der Waals surface area contributed by atoms with Crippen LogP contribution in [0.1, 0.15) is 28.6 Å². The Morgan fingerprint density at radius 3 is 2.48 bits per heavy atom. The SMILES string of the molecule is Cc1nn(C)c(C)c1CNC(=O)C(N)c1ccccc1.Cl. The molecular formula is C15H21ClN4O. The molecule has 6 heteroatoms. The van der Waals surface area contributed by atoms with Crippen molar-refractivity contribution in [1.29, 1.82) is 0 Å². The smallest absolute Gasteiger partial charge is 0.241 e. The first-order chi connectivity index (χ1) is 9.50. The lowest BCUT2D eigenvalue weighted by molar-refractivity contribution is -0.122. The van der Waals surface area contributed by atoms with Gasteiger partial charge in [0, 0.05) is 24.8 Å². The van der Waals surface area contributed by atoms with Gasteiger partial charge in [-0.15, -0.1) is 12.4 Å². The van der Waals surface area contributed by atoms with E-state index in [1.165, 1.54) is 0 Å². The van der Waals surface area contributed by atoms with Crippen LogP contribution >= 0.6 is 12.4 Å². The lowest BCUT2D eigenvalue weighted by atomic mass is 10.1. The van der Waals surface area contributed by atoms with Crippen LogP contribution < -0.4 is 11.1 Å². The van der Waals surface area contributed by atoms with Gasteiger partial charge in [-0.2, -0.15) is 5.10 Å². The van der Waals surface area contributed by atoms with Gasteiger partial charge in [-0.3, -0.25) is 9.48 Å². The van der Waals surface area contributed by atoms with Crippen molar-refractivity contribution in [2.45, 2.75) is 26.4 Å². The average Bonchev–Trinajstić information content (AvgIpc) is 2.70. The van der Waals surface area contributed by atoms with E-state index in [0.29, 0.717) is 6.54 Å². The van der Waals surface area contributed by atoms with Crippen molar-refractivity contribution in [3.8, 4) is 0 Å². The van der Waals surface area contributed by atoms with Crippen molar-refractivity contribution in [3.05, 3.63) is 52.8 Å². The van der Waals surface area contributed by atoms with Gasteiger partial charge in [0.1, 0.15) is 6.04 Å². The zero-order valence-electron chi connectivity index (χ0n) is 12.5. The topological polar surface area (TPSA) is 72.9 Å². The van der Waals surface area contributed by atoms with Gasteiger partial charge in [0.2, 0.25) is 5.91 Å². The molecule has 5 nitrogen and oxygen atoms in total. The minimum Gasteiger partial charge on any atom is -0.350 e. The van der Waals surface area contributed by atoms with E-state index in [1.54, 1.807) is 0 Å². The Balaban J connectivity index is 0.00000220. The molecule has 0 bridgehead atoms. The van der Waals surface area contributed by atoms with Gasteiger partial charge in [-0.05, 0) is 19.4 Å². The Labute approximate surface area is 130 Å².